The number of aryl methyl sites for hydroxylation is 1. The molecule has 4 aromatic rings. The quantitative estimate of drug-likeness (QED) is 0.226. The number of hydrogen-bond donors (Lipinski definition) is 1. The van der Waals surface area contributed by atoms with Gasteiger partial charge in [0.2, 0.25) is 0 Å². The highest BCUT2D eigenvalue weighted by Crippen LogP contribution is 2.37. The average Bonchev–Trinajstić information content (AvgIpc) is 3.29. The third-order valence-electron chi connectivity index (χ3n) is 5.07. The van der Waals surface area contributed by atoms with Gasteiger partial charge in [-0.2, -0.15) is 0 Å². The molecule has 3 aromatic carbocycles. The van der Waals surface area contributed by atoms with Crippen LogP contribution in [0.3, 0.4) is 0 Å². The van der Waals surface area contributed by atoms with E-state index in [0.717, 1.165) is 16.7 Å². The highest BCUT2D eigenvalue weighted by molar-refractivity contribution is 5.89. The van der Waals surface area contributed by atoms with Crippen LogP contribution >= 0.6 is 0 Å². The number of carbonyl (C=O) groups is 1. The Morgan fingerprint density at radius 3 is 2.41 bits per heavy atom. The number of hydrogen-bond acceptors (Lipinski definition) is 5. The molecule has 7 heteroatoms. The van der Waals surface area contributed by atoms with Crippen LogP contribution in [0, 0.1) is 17.0 Å². The fourth-order valence-electron chi connectivity index (χ4n) is 3.48. The van der Waals surface area contributed by atoms with Gasteiger partial charge in [-0.25, -0.2) is 4.79 Å². The Bertz CT molecular complexity index is 1290. The van der Waals surface area contributed by atoms with Gasteiger partial charge in [-0.3, -0.25) is 10.1 Å². The molecule has 4 rings (SSSR count). The number of non-ortho nitro benzene ring substituents is 1. The summed E-state index contributed by atoms with van der Waals surface area (Å²) in [5.41, 5.74) is 4.34. The fraction of sp³-hybridized carbons (Fsp3) is 0.0800. The minimum Gasteiger partial charge on any atom is -0.464 e. The average molecular weight is 428 g/mol. The Labute approximate surface area is 184 Å². The molecule has 0 bridgehead atoms. The van der Waals surface area contributed by atoms with Crippen molar-refractivity contribution in [3.05, 3.63) is 100 Å². The zero-order valence-corrected chi connectivity index (χ0v) is 17.5. The van der Waals surface area contributed by atoms with Crippen molar-refractivity contribution in [3.8, 4) is 33.9 Å². The van der Waals surface area contributed by atoms with Gasteiger partial charge in [0.1, 0.15) is 17.2 Å². The van der Waals surface area contributed by atoms with Gasteiger partial charge < -0.3 is 14.5 Å². The van der Waals surface area contributed by atoms with Gasteiger partial charge >= 0.3 is 5.97 Å². The maximum atomic E-state index is 11.8. The van der Waals surface area contributed by atoms with Crippen LogP contribution in [-0.2, 0) is 4.74 Å². The van der Waals surface area contributed by atoms with E-state index in [2.05, 4.69) is 4.98 Å². The highest BCUT2D eigenvalue weighted by atomic mass is 16.6. The smallest absolute Gasteiger partial charge is 0.354 e. The van der Waals surface area contributed by atoms with E-state index in [4.69, 9.17) is 9.47 Å². The SMILES string of the molecule is COC(=O)c1ccc(-c2cc([N+](=O)[O-])ccc2Oc2ccc(-c3ccccc3)c(C)c2)[nH]1. The zero-order chi connectivity index (χ0) is 22.7. The molecule has 0 aliphatic carbocycles. The molecule has 1 aromatic heterocycles. The monoisotopic (exact) mass is 428 g/mol. The summed E-state index contributed by atoms with van der Waals surface area (Å²) < 4.78 is 10.8. The van der Waals surface area contributed by atoms with E-state index < -0.39 is 10.9 Å². The third-order valence-corrected chi connectivity index (χ3v) is 5.07. The third kappa shape index (κ3) is 4.22. The lowest BCUT2D eigenvalue weighted by atomic mass is 10.0. The van der Waals surface area contributed by atoms with E-state index in [1.165, 1.54) is 19.2 Å². The van der Waals surface area contributed by atoms with Gasteiger partial charge in [0, 0.05) is 17.7 Å². The number of nitro benzene ring substituents is 1. The van der Waals surface area contributed by atoms with Crippen molar-refractivity contribution in [3.63, 3.8) is 0 Å². The molecule has 0 saturated heterocycles. The van der Waals surface area contributed by atoms with Crippen molar-refractivity contribution in [2.45, 2.75) is 6.92 Å². The van der Waals surface area contributed by atoms with Crippen LogP contribution in [0.4, 0.5) is 5.69 Å². The zero-order valence-electron chi connectivity index (χ0n) is 17.5. The predicted octanol–water partition coefficient (Wildman–Crippen LogP) is 6.14. The summed E-state index contributed by atoms with van der Waals surface area (Å²) in [6, 6.07) is 23.3. The summed E-state index contributed by atoms with van der Waals surface area (Å²) in [7, 11) is 1.28. The fourth-order valence-corrected chi connectivity index (χ4v) is 3.48. The van der Waals surface area contributed by atoms with Crippen molar-refractivity contribution < 1.29 is 19.2 Å². The number of nitrogens with zero attached hydrogens (tertiary/aromatic N) is 1. The van der Waals surface area contributed by atoms with Crippen LogP contribution in [0.15, 0.2) is 78.9 Å². The summed E-state index contributed by atoms with van der Waals surface area (Å²) in [5, 5.41) is 11.3. The standard InChI is InChI=1S/C25H20N2O5/c1-16-14-19(9-10-20(16)17-6-4-3-5-7-17)32-24-13-8-18(27(29)30)15-21(24)22-11-12-23(26-22)25(28)31-2/h3-15,26H,1-2H3. The Balaban J connectivity index is 1.71. The topological polar surface area (TPSA) is 94.5 Å². The van der Waals surface area contributed by atoms with Crippen LogP contribution in [-0.4, -0.2) is 23.0 Å². The molecule has 0 saturated carbocycles. The lowest BCUT2D eigenvalue weighted by molar-refractivity contribution is -0.384. The number of nitrogens with one attached hydrogen (secondary N) is 1. The summed E-state index contributed by atoms with van der Waals surface area (Å²) in [6.07, 6.45) is 0. The maximum Gasteiger partial charge on any atom is 0.354 e. The van der Waals surface area contributed by atoms with Crippen LogP contribution in [0.5, 0.6) is 11.5 Å². The van der Waals surface area contributed by atoms with Gasteiger partial charge in [-0.1, -0.05) is 36.4 Å². The summed E-state index contributed by atoms with van der Waals surface area (Å²) in [4.78, 5) is 25.6. The minimum atomic E-state index is -0.531. The van der Waals surface area contributed by atoms with Crippen molar-refractivity contribution in [1.29, 1.82) is 0 Å². The first-order valence-corrected chi connectivity index (χ1v) is 9.86. The largest absolute Gasteiger partial charge is 0.464 e. The molecule has 1 N–H and O–H groups in total. The van der Waals surface area contributed by atoms with E-state index in [1.54, 1.807) is 18.2 Å². The van der Waals surface area contributed by atoms with E-state index in [-0.39, 0.29) is 11.4 Å². The molecule has 0 radical (unpaired) electrons. The Morgan fingerprint density at radius 2 is 1.72 bits per heavy atom. The lowest BCUT2D eigenvalue weighted by Gasteiger charge is -2.13. The van der Waals surface area contributed by atoms with Crippen LogP contribution in [0.25, 0.3) is 22.4 Å². The number of aromatic amines is 1. The highest BCUT2D eigenvalue weighted by Gasteiger charge is 2.17. The van der Waals surface area contributed by atoms with E-state index >= 15 is 0 Å². The van der Waals surface area contributed by atoms with E-state index in [0.29, 0.717) is 22.8 Å². The van der Waals surface area contributed by atoms with Crippen molar-refractivity contribution >= 4 is 11.7 Å². The van der Waals surface area contributed by atoms with Gasteiger partial charge in [0.25, 0.3) is 5.69 Å². The molecule has 0 aliphatic rings. The number of benzene rings is 3. The molecule has 0 atom stereocenters. The molecule has 0 unspecified atom stereocenters. The summed E-state index contributed by atoms with van der Waals surface area (Å²) in [5.74, 6) is 0.481. The number of ether oxygens (including phenoxy) is 2. The van der Waals surface area contributed by atoms with Crippen molar-refractivity contribution in [2.24, 2.45) is 0 Å². The normalized spacial score (nSPS) is 10.6. The molecule has 32 heavy (non-hydrogen) atoms. The second kappa shape index (κ2) is 8.77. The minimum absolute atomic E-state index is 0.0859. The van der Waals surface area contributed by atoms with Gasteiger partial charge in [0.15, 0.2) is 0 Å². The Hall–Kier alpha value is -4.39. The molecule has 160 valence electrons. The molecule has 0 amide bonds. The molecule has 0 spiro atoms. The molecule has 0 fully saturated rings. The van der Waals surface area contributed by atoms with Gasteiger partial charge in [-0.05, 0) is 53.9 Å². The number of H-pyrrole nitrogens is 1. The summed E-state index contributed by atoms with van der Waals surface area (Å²) in [6.45, 7) is 2.00. The second-order valence-corrected chi connectivity index (χ2v) is 7.16. The Morgan fingerprint density at radius 1 is 0.938 bits per heavy atom. The number of rotatable bonds is 6. The molecule has 7 nitrogen and oxygen atoms in total. The molecule has 0 aliphatic heterocycles. The van der Waals surface area contributed by atoms with Crippen LogP contribution in [0.2, 0.25) is 0 Å². The molecular formula is C25H20N2O5. The van der Waals surface area contributed by atoms with Crippen LogP contribution in [0.1, 0.15) is 16.1 Å². The molecular weight excluding hydrogens is 408 g/mol. The Kier molecular flexibility index (Phi) is 5.72. The van der Waals surface area contributed by atoms with Gasteiger partial charge in [0.05, 0.1) is 17.7 Å². The second-order valence-electron chi connectivity index (χ2n) is 7.16. The van der Waals surface area contributed by atoms with Crippen LogP contribution < -0.4 is 4.74 Å². The first kappa shape index (κ1) is 20.9. The number of carbonyl (C=O) groups excluding carboxylic acids is 1. The number of esters is 1. The first-order chi connectivity index (χ1) is 15.5. The van der Waals surface area contributed by atoms with E-state index in [9.17, 15) is 14.9 Å². The number of aromatic nitrogens is 1. The summed E-state index contributed by atoms with van der Waals surface area (Å²) >= 11 is 0. The van der Waals surface area contributed by atoms with E-state index in [1.807, 2.05) is 55.5 Å². The van der Waals surface area contributed by atoms with Gasteiger partial charge in [-0.15, -0.1) is 0 Å². The molecule has 1 heterocycles. The van der Waals surface area contributed by atoms with Crippen molar-refractivity contribution in [1.82, 2.24) is 4.98 Å². The number of nitro groups is 1. The first-order valence-electron chi connectivity index (χ1n) is 9.86. The number of methoxy groups -OCH3 is 1. The lowest BCUT2D eigenvalue weighted by Crippen LogP contribution is -2.01. The predicted molar refractivity (Wildman–Crippen MR) is 121 cm³/mol. The van der Waals surface area contributed by atoms with Crippen molar-refractivity contribution in [2.75, 3.05) is 7.11 Å². The maximum absolute atomic E-state index is 11.8.